The number of anilines is 1. The van der Waals surface area contributed by atoms with Crippen LogP contribution >= 0.6 is 0 Å². The molecule has 0 radical (unpaired) electrons. The molecule has 0 aliphatic heterocycles. The van der Waals surface area contributed by atoms with Crippen molar-refractivity contribution >= 4 is 11.9 Å². The summed E-state index contributed by atoms with van der Waals surface area (Å²) in [4.78, 5) is 13.4. The molecule has 18 heavy (non-hydrogen) atoms. The van der Waals surface area contributed by atoms with E-state index in [-0.39, 0.29) is 11.9 Å². The number of hydrogen-bond donors (Lipinski definition) is 1. The fraction of sp³-hybridized carbons (Fsp3) is 0.273. The van der Waals surface area contributed by atoms with Crippen molar-refractivity contribution in [3.8, 4) is 5.75 Å². The van der Waals surface area contributed by atoms with Crippen molar-refractivity contribution in [2.75, 3.05) is 12.4 Å². The summed E-state index contributed by atoms with van der Waals surface area (Å²) in [6, 6.07) is 6.93. The minimum atomic E-state index is -0.330. The summed E-state index contributed by atoms with van der Waals surface area (Å²) in [5.74, 6) is 0.341. The van der Waals surface area contributed by atoms with Gasteiger partial charge in [0.25, 0.3) is 11.9 Å². The molecule has 1 amide bonds. The van der Waals surface area contributed by atoms with Crippen LogP contribution in [0, 0.1) is 0 Å². The van der Waals surface area contributed by atoms with Crippen molar-refractivity contribution in [3.05, 3.63) is 29.8 Å². The van der Waals surface area contributed by atoms with Gasteiger partial charge in [0.05, 0.1) is 19.2 Å². The molecule has 0 saturated heterocycles. The van der Waals surface area contributed by atoms with Gasteiger partial charge in [-0.3, -0.25) is 10.1 Å². The lowest BCUT2D eigenvalue weighted by atomic mass is 10.2. The van der Waals surface area contributed by atoms with Crippen LogP contribution in [0.3, 0.4) is 0 Å². The van der Waals surface area contributed by atoms with Gasteiger partial charge in [0, 0.05) is 0 Å². The molecule has 2 aromatic rings. The number of nitrogens with one attached hydrogen (secondary N) is 1. The summed E-state index contributed by atoms with van der Waals surface area (Å²) in [5.41, 5.74) is 0.424. The third-order valence-electron chi connectivity index (χ3n) is 2.31. The van der Waals surface area contributed by atoms with E-state index in [1.54, 1.807) is 24.3 Å². The Morgan fingerprint density at radius 1 is 1.44 bits per heavy atom. The van der Waals surface area contributed by atoms with Crippen LogP contribution < -0.4 is 10.1 Å². The van der Waals surface area contributed by atoms with E-state index in [0.29, 0.717) is 17.9 Å². The zero-order valence-corrected chi connectivity index (χ0v) is 10.1. The smallest absolute Gasteiger partial charge is 0.270 e. The van der Waals surface area contributed by atoms with Gasteiger partial charge in [0.15, 0.2) is 0 Å². The van der Waals surface area contributed by atoms with Crippen LogP contribution in [-0.4, -0.2) is 33.2 Å². The average molecular weight is 247 g/mol. The molecule has 0 atom stereocenters. The van der Waals surface area contributed by atoms with Gasteiger partial charge < -0.3 is 4.74 Å². The Bertz CT molecular complexity index is 552. The largest absolute Gasteiger partial charge is 0.496 e. The highest BCUT2D eigenvalue weighted by Crippen LogP contribution is 2.17. The van der Waals surface area contributed by atoms with Crippen molar-refractivity contribution in [1.82, 2.24) is 20.2 Å². The van der Waals surface area contributed by atoms with E-state index in [1.165, 1.54) is 11.9 Å². The fourth-order valence-corrected chi connectivity index (χ4v) is 1.43. The number of carbonyl (C=O) groups is 1. The van der Waals surface area contributed by atoms with Crippen LogP contribution in [0.1, 0.15) is 17.3 Å². The minimum absolute atomic E-state index is 0.174. The predicted octanol–water partition coefficient (Wildman–Crippen LogP) is 0.954. The van der Waals surface area contributed by atoms with Gasteiger partial charge in [0.1, 0.15) is 5.75 Å². The van der Waals surface area contributed by atoms with Crippen molar-refractivity contribution in [2.45, 2.75) is 13.5 Å². The lowest BCUT2D eigenvalue weighted by molar-refractivity contribution is 0.102. The second-order valence-electron chi connectivity index (χ2n) is 3.46. The normalized spacial score (nSPS) is 10.1. The van der Waals surface area contributed by atoms with Crippen LogP contribution in [0.25, 0.3) is 0 Å². The number of tetrazole rings is 1. The maximum absolute atomic E-state index is 12.0. The molecule has 1 aromatic heterocycles. The van der Waals surface area contributed by atoms with Crippen LogP contribution in [0.4, 0.5) is 5.95 Å². The summed E-state index contributed by atoms with van der Waals surface area (Å²) >= 11 is 0. The second kappa shape index (κ2) is 5.26. The van der Waals surface area contributed by atoms with Gasteiger partial charge in [-0.05, 0) is 24.3 Å². The highest BCUT2D eigenvalue weighted by molar-refractivity contribution is 6.05. The third-order valence-corrected chi connectivity index (χ3v) is 2.31. The first-order chi connectivity index (χ1) is 8.74. The summed E-state index contributed by atoms with van der Waals surface area (Å²) in [5, 5.41) is 14.0. The molecular weight excluding hydrogens is 234 g/mol. The first-order valence-corrected chi connectivity index (χ1v) is 5.46. The molecule has 0 aliphatic carbocycles. The molecule has 0 aliphatic rings. The summed E-state index contributed by atoms with van der Waals surface area (Å²) in [6.45, 7) is 2.48. The van der Waals surface area contributed by atoms with Gasteiger partial charge in [-0.15, -0.1) is 5.10 Å². The van der Waals surface area contributed by atoms with E-state index in [0.717, 1.165) is 0 Å². The Kier molecular flexibility index (Phi) is 3.52. The van der Waals surface area contributed by atoms with E-state index in [4.69, 9.17) is 4.74 Å². The molecule has 0 unspecified atom stereocenters. The molecule has 0 bridgehead atoms. The van der Waals surface area contributed by atoms with E-state index in [2.05, 4.69) is 20.7 Å². The summed E-state index contributed by atoms with van der Waals surface area (Å²) in [7, 11) is 1.51. The topological polar surface area (TPSA) is 81.9 Å². The molecule has 0 fully saturated rings. The first kappa shape index (κ1) is 12.0. The van der Waals surface area contributed by atoms with Crippen molar-refractivity contribution in [2.24, 2.45) is 0 Å². The highest BCUT2D eigenvalue weighted by atomic mass is 16.5. The number of methoxy groups -OCH3 is 1. The van der Waals surface area contributed by atoms with Gasteiger partial charge in [-0.1, -0.05) is 17.2 Å². The van der Waals surface area contributed by atoms with E-state index in [1.807, 2.05) is 6.92 Å². The fourth-order valence-electron chi connectivity index (χ4n) is 1.43. The number of amides is 1. The number of benzene rings is 1. The number of ether oxygens (including phenoxy) is 1. The van der Waals surface area contributed by atoms with Crippen LogP contribution in [0.2, 0.25) is 0 Å². The maximum Gasteiger partial charge on any atom is 0.270 e. The van der Waals surface area contributed by atoms with Gasteiger partial charge in [0.2, 0.25) is 0 Å². The molecule has 2 rings (SSSR count). The van der Waals surface area contributed by atoms with Crippen molar-refractivity contribution in [3.63, 3.8) is 0 Å². The van der Waals surface area contributed by atoms with E-state index >= 15 is 0 Å². The van der Waals surface area contributed by atoms with E-state index < -0.39 is 0 Å². The number of rotatable bonds is 4. The van der Waals surface area contributed by atoms with E-state index in [9.17, 15) is 4.79 Å². The van der Waals surface area contributed by atoms with Crippen LogP contribution in [0.5, 0.6) is 5.75 Å². The molecule has 7 nitrogen and oxygen atoms in total. The number of aryl methyl sites for hydroxylation is 1. The molecule has 94 valence electrons. The van der Waals surface area contributed by atoms with Crippen molar-refractivity contribution < 1.29 is 9.53 Å². The second-order valence-corrected chi connectivity index (χ2v) is 3.46. The van der Waals surface area contributed by atoms with Crippen LogP contribution in [-0.2, 0) is 6.54 Å². The Balaban J connectivity index is 2.16. The quantitative estimate of drug-likeness (QED) is 0.870. The molecule has 1 aromatic carbocycles. The molecule has 0 saturated carbocycles. The van der Waals surface area contributed by atoms with Gasteiger partial charge in [-0.2, -0.15) is 4.80 Å². The number of aromatic nitrogens is 4. The highest BCUT2D eigenvalue weighted by Gasteiger charge is 2.13. The molecule has 0 spiro atoms. The predicted molar refractivity (Wildman–Crippen MR) is 64.4 cm³/mol. The zero-order valence-electron chi connectivity index (χ0n) is 10.1. The monoisotopic (exact) mass is 247 g/mol. The standard InChI is InChI=1S/C11H13N5O2/c1-3-16-14-11(13-15-16)12-10(17)8-6-4-5-7-9(8)18-2/h4-7H,3H2,1-2H3,(H,12,14,17). The molecule has 1 heterocycles. The number of para-hydroxylation sites is 1. The average Bonchev–Trinajstić information content (AvgIpc) is 2.86. The van der Waals surface area contributed by atoms with Crippen LogP contribution in [0.15, 0.2) is 24.3 Å². The zero-order chi connectivity index (χ0) is 13.0. The Hall–Kier alpha value is -2.44. The third kappa shape index (κ3) is 2.45. The molecular formula is C11H13N5O2. The Morgan fingerprint density at radius 2 is 2.22 bits per heavy atom. The summed E-state index contributed by atoms with van der Waals surface area (Å²) in [6.07, 6.45) is 0. The summed E-state index contributed by atoms with van der Waals surface area (Å²) < 4.78 is 5.11. The molecule has 7 heteroatoms. The van der Waals surface area contributed by atoms with Gasteiger partial charge in [-0.25, -0.2) is 0 Å². The maximum atomic E-state index is 12.0. The number of carbonyl (C=O) groups excluding carboxylic acids is 1. The molecule has 1 N–H and O–H groups in total. The lowest BCUT2D eigenvalue weighted by Crippen LogP contribution is -2.14. The SMILES string of the molecule is CCn1nnc(NC(=O)c2ccccc2OC)n1. The Labute approximate surface area is 104 Å². The lowest BCUT2D eigenvalue weighted by Gasteiger charge is -2.06. The Morgan fingerprint density at radius 3 is 2.89 bits per heavy atom. The first-order valence-electron chi connectivity index (χ1n) is 5.46. The minimum Gasteiger partial charge on any atom is -0.496 e. The van der Waals surface area contributed by atoms with Gasteiger partial charge >= 0.3 is 0 Å². The number of hydrogen-bond acceptors (Lipinski definition) is 5. The number of nitrogens with zero attached hydrogens (tertiary/aromatic N) is 4. The van der Waals surface area contributed by atoms with Crippen molar-refractivity contribution in [1.29, 1.82) is 0 Å².